The number of carbonyl (C=O) groups excluding carboxylic acids is 2. The van der Waals surface area contributed by atoms with Crippen LogP contribution < -0.4 is 42.9 Å². The Bertz CT molecular complexity index is 3480. The average molecular weight is 1020 g/mol. The quantitative estimate of drug-likeness (QED) is 0.197. The molecule has 2 N–H and O–H groups in total. The van der Waals surface area contributed by atoms with Gasteiger partial charge in [0.2, 0.25) is 23.7 Å². The molecule has 26 heteroatoms. The maximum Gasteiger partial charge on any atom is 0.332 e. The van der Waals surface area contributed by atoms with Crippen molar-refractivity contribution in [3.63, 3.8) is 0 Å². The summed E-state index contributed by atoms with van der Waals surface area (Å²) in [5.74, 6) is 2.69. The molecule has 3 aliphatic heterocycles. The highest BCUT2D eigenvalue weighted by Crippen LogP contribution is 2.25. The van der Waals surface area contributed by atoms with Crippen molar-refractivity contribution in [3.05, 3.63) is 103 Å². The molecule has 0 saturated carbocycles. The molecule has 0 aliphatic carbocycles. The van der Waals surface area contributed by atoms with Crippen molar-refractivity contribution in [1.29, 1.82) is 0 Å². The van der Waals surface area contributed by atoms with Gasteiger partial charge in [-0.1, -0.05) is 0 Å². The third-order valence-electron chi connectivity index (χ3n) is 12.8. The molecule has 2 fully saturated rings. The van der Waals surface area contributed by atoms with Gasteiger partial charge in [0, 0.05) is 103 Å². The molecule has 73 heavy (non-hydrogen) atoms. The fourth-order valence-electron chi connectivity index (χ4n) is 8.48. The van der Waals surface area contributed by atoms with Crippen molar-refractivity contribution in [3.8, 4) is 22.8 Å². The number of aromatic nitrogens is 14. The molecule has 2 unspecified atom stereocenters. The maximum absolute atomic E-state index is 13.0. The number of aliphatic imine (C=N–C) groups is 1. The van der Waals surface area contributed by atoms with Gasteiger partial charge in [0.05, 0.1) is 23.0 Å². The molecule has 7 aromatic heterocycles. The molecule has 2 saturated heterocycles. The van der Waals surface area contributed by atoms with E-state index in [1.807, 2.05) is 0 Å². The number of anilines is 4. The second-order valence-electron chi connectivity index (χ2n) is 17.8. The Morgan fingerprint density at radius 2 is 1.15 bits per heavy atom. The van der Waals surface area contributed by atoms with Crippen molar-refractivity contribution in [2.45, 2.75) is 83.3 Å². The number of alkyl halides is 1. The highest BCUT2D eigenvalue weighted by atomic mass is 35.5. The van der Waals surface area contributed by atoms with Crippen LogP contribution in [0.2, 0.25) is 0 Å². The standard InChI is InChI=1S/C23H26N10O3.C16H19ClN6O.C8H9N3O2/c1-13-6-5-9-32(13)22-25-10-15(11-26-22)18-24-8-7-16(28-18)29-20(34)14(2)33-12-27-19-17(33)21(35)31(4)23(36)30(19)3;1-10-4-3-7-23(10)16-19-8-12(9-20-16)14-18-6-5-13(21-14)22-15(24)11(2)17;1-10-6-5(3-4-9-6)7(12)11(2)8(10)13/h7-8,10-14H,5-6,9H2,1-4H3,(H,24,28,29,34);5-6,8-11H,3-4,7H2,1-2H3,(H,18,21,22,24);4H,3H2,1-2H3/t13-,14?;10-,11?;/m00./s1. The van der Waals surface area contributed by atoms with E-state index in [-0.39, 0.29) is 28.3 Å². The maximum atomic E-state index is 13.0. The summed E-state index contributed by atoms with van der Waals surface area (Å²) in [6.07, 6.45) is 18.0. The van der Waals surface area contributed by atoms with Gasteiger partial charge in [0.15, 0.2) is 22.8 Å². The molecule has 0 aromatic carbocycles. The number of halogens is 1. The molecule has 7 aromatic rings. The van der Waals surface area contributed by atoms with E-state index in [4.69, 9.17) is 11.6 Å². The number of rotatable bonds is 9. The van der Waals surface area contributed by atoms with Gasteiger partial charge >= 0.3 is 11.4 Å². The number of imidazole rings is 1. The number of fused-ring (bicyclic) bond motifs is 2. The minimum absolute atomic E-state index is 0.162. The Labute approximate surface area is 421 Å². The highest BCUT2D eigenvalue weighted by Gasteiger charge is 2.26. The van der Waals surface area contributed by atoms with E-state index >= 15 is 0 Å². The highest BCUT2D eigenvalue weighted by molar-refractivity contribution is 6.32. The summed E-state index contributed by atoms with van der Waals surface area (Å²) >= 11 is 5.75. The van der Waals surface area contributed by atoms with Gasteiger partial charge in [-0.2, -0.15) is 0 Å². The topological polar surface area (TPSA) is 286 Å². The SMILES string of the molecule is CC(C(=O)Nc1ccnc(-c2cnc(N3CCC[C@@H]3C)nc2)n1)n1cnc2c1c(=O)n(C)c(=O)n2C.CC(Cl)C(=O)Nc1ccnc(-c2cnc(N3CCC[C@@H]3C)nc2)n1.Cn1c2c(c(=O)n(C)c1=O)CC=N2. The van der Waals surface area contributed by atoms with E-state index in [1.54, 1.807) is 70.2 Å². The Morgan fingerprint density at radius 3 is 1.64 bits per heavy atom. The molecular formula is C47H54ClN19O6. The first-order valence-corrected chi connectivity index (χ1v) is 23.9. The first-order chi connectivity index (χ1) is 34.9. The van der Waals surface area contributed by atoms with Crippen molar-refractivity contribution < 1.29 is 9.59 Å². The minimum Gasteiger partial charge on any atom is -0.338 e. The monoisotopic (exact) mass is 1020 g/mol. The van der Waals surface area contributed by atoms with Crippen LogP contribution in [0, 0.1) is 0 Å². The van der Waals surface area contributed by atoms with Crippen LogP contribution in [0.4, 0.5) is 29.4 Å². The normalized spacial score (nSPS) is 16.6. The smallest absolute Gasteiger partial charge is 0.332 e. The summed E-state index contributed by atoms with van der Waals surface area (Å²) < 4.78 is 6.19. The van der Waals surface area contributed by atoms with Crippen LogP contribution in [-0.4, -0.2) is 116 Å². The van der Waals surface area contributed by atoms with Crippen LogP contribution in [0.25, 0.3) is 33.9 Å². The molecule has 25 nitrogen and oxygen atoms in total. The summed E-state index contributed by atoms with van der Waals surface area (Å²) in [6.45, 7) is 9.49. The zero-order valence-electron chi connectivity index (χ0n) is 41.5. The number of nitrogens with one attached hydrogen (secondary N) is 2. The summed E-state index contributed by atoms with van der Waals surface area (Å²) in [5.41, 5.74) is 0.703. The lowest BCUT2D eigenvalue weighted by atomic mass is 10.2. The average Bonchev–Trinajstić information content (AvgIpc) is 4.25. The molecule has 10 rings (SSSR count). The van der Waals surface area contributed by atoms with E-state index in [0.29, 0.717) is 70.2 Å². The Balaban J connectivity index is 0.000000164. The fourth-order valence-corrected chi connectivity index (χ4v) is 8.53. The molecule has 2 amide bonds. The molecule has 10 heterocycles. The minimum atomic E-state index is -0.802. The second-order valence-corrected chi connectivity index (χ2v) is 18.4. The van der Waals surface area contributed by atoms with Gasteiger partial charge in [-0.3, -0.25) is 37.4 Å². The number of hydrogen-bond donors (Lipinski definition) is 2. The van der Waals surface area contributed by atoms with Gasteiger partial charge < -0.3 is 25.0 Å². The number of amides is 2. The molecular weight excluding hydrogens is 962 g/mol. The van der Waals surface area contributed by atoms with Crippen LogP contribution in [0.1, 0.15) is 65.0 Å². The zero-order chi connectivity index (χ0) is 52.2. The van der Waals surface area contributed by atoms with Gasteiger partial charge in [-0.15, -0.1) is 11.6 Å². The summed E-state index contributed by atoms with van der Waals surface area (Å²) in [7, 11) is 6.00. The first-order valence-electron chi connectivity index (χ1n) is 23.5. The Kier molecular flexibility index (Phi) is 15.1. The number of aryl methyl sites for hydroxylation is 1. The van der Waals surface area contributed by atoms with Crippen LogP contribution in [0.3, 0.4) is 0 Å². The van der Waals surface area contributed by atoms with Crippen molar-refractivity contribution >= 4 is 70.1 Å². The van der Waals surface area contributed by atoms with Crippen LogP contribution in [0.15, 0.2) is 79.8 Å². The number of nitrogens with zero attached hydrogens (tertiary/aromatic N) is 17. The lowest BCUT2D eigenvalue weighted by molar-refractivity contribution is -0.118. The Hall–Kier alpha value is -8.35. The van der Waals surface area contributed by atoms with Crippen molar-refractivity contribution in [2.75, 3.05) is 33.5 Å². The predicted octanol–water partition coefficient (Wildman–Crippen LogP) is 2.70. The number of carbonyl (C=O) groups is 2. The molecule has 380 valence electrons. The van der Waals surface area contributed by atoms with Crippen LogP contribution >= 0.6 is 11.6 Å². The van der Waals surface area contributed by atoms with Gasteiger partial charge in [-0.05, 0) is 65.5 Å². The van der Waals surface area contributed by atoms with Crippen LogP contribution in [0.5, 0.6) is 0 Å². The lowest BCUT2D eigenvalue weighted by Crippen LogP contribution is -2.38. The summed E-state index contributed by atoms with van der Waals surface area (Å²) in [6, 6.07) is 3.25. The van der Waals surface area contributed by atoms with Gasteiger partial charge in [0.1, 0.15) is 28.9 Å². The third kappa shape index (κ3) is 10.7. The molecule has 0 radical (unpaired) electrons. The number of hydrogen-bond acceptors (Lipinski definition) is 18. The van der Waals surface area contributed by atoms with E-state index in [2.05, 4.69) is 84.1 Å². The van der Waals surface area contributed by atoms with Crippen LogP contribution in [-0.2, 0) is 44.2 Å². The fraction of sp³-hybridized carbons (Fsp3) is 0.404. The van der Waals surface area contributed by atoms with Gasteiger partial charge in [-0.25, -0.2) is 59.4 Å². The van der Waals surface area contributed by atoms with E-state index in [9.17, 15) is 28.8 Å². The molecule has 4 atom stereocenters. The largest absolute Gasteiger partial charge is 0.338 e. The van der Waals surface area contributed by atoms with Crippen molar-refractivity contribution in [2.24, 2.45) is 33.2 Å². The third-order valence-corrected chi connectivity index (χ3v) is 13.0. The molecule has 3 aliphatic rings. The summed E-state index contributed by atoms with van der Waals surface area (Å²) in [4.78, 5) is 120. The second kappa shape index (κ2) is 21.6. The lowest BCUT2D eigenvalue weighted by Gasteiger charge is -2.20. The van der Waals surface area contributed by atoms with E-state index < -0.39 is 28.6 Å². The van der Waals surface area contributed by atoms with Crippen molar-refractivity contribution in [1.82, 2.24) is 67.7 Å². The molecule has 0 bridgehead atoms. The van der Waals surface area contributed by atoms with E-state index in [0.717, 1.165) is 53.9 Å². The summed E-state index contributed by atoms with van der Waals surface area (Å²) in [5, 5.41) is 4.77. The van der Waals surface area contributed by atoms with E-state index in [1.165, 1.54) is 47.4 Å². The van der Waals surface area contributed by atoms with Gasteiger partial charge in [0.25, 0.3) is 11.1 Å². The zero-order valence-corrected chi connectivity index (χ0v) is 42.2. The first kappa shape index (κ1) is 51.0. The molecule has 0 spiro atoms. The Morgan fingerprint density at radius 1 is 0.658 bits per heavy atom. The predicted molar refractivity (Wildman–Crippen MR) is 274 cm³/mol.